The number of hydrogen-bond acceptors (Lipinski definition) is 2. The van der Waals surface area contributed by atoms with E-state index in [4.69, 9.17) is 5.11 Å². The number of carbonyl (C=O) groups is 1. The third-order valence-corrected chi connectivity index (χ3v) is 3.09. The second-order valence-corrected chi connectivity index (χ2v) is 4.12. The third kappa shape index (κ3) is 2.99. The van der Waals surface area contributed by atoms with Crippen LogP contribution in [-0.2, 0) is 4.79 Å². The van der Waals surface area contributed by atoms with Gasteiger partial charge < -0.3 is 10.0 Å². The van der Waals surface area contributed by atoms with Crippen LogP contribution in [0.3, 0.4) is 0 Å². The molecule has 1 heterocycles. The Bertz CT molecular complexity index is 182. The fourth-order valence-corrected chi connectivity index (χ4v) is 1.97. The molecule has 0 radical (unpaired) electrons. The van der Waals surface area contributed by atoms with Gasteiger partial charge in [0.2, 0.25) is 0 Å². The van der Waals surface area contributed by atoms with E-state index < -0.39 is 5.97 Å². The van der Waals surface area contributed by atoms with Crippen LogP contribution in [0.25, 0.3) is 0 Å². The van der Waals surface area contributed by atoms with E-state index in [-0.39, 0.29) is 5.92 Å². The maximum atomic E-state index is 10.8. The number of hydrogen-bond donors (Lipinski definition) is 1. The Morgan fingerprint density at radius 1 is 1.46 bits per heavy atom. The SMILES string of the molecule is CC(C(=O)O)C1CCCN(C)CC1. The molecule has 1 aliphatic heterocycles. The summed E-state index contributed by atoms with van der Waals surface area (Å²) < 4.78 is 0. The van der Waals surface area contributed by atoms with Crippen LogP contribution in [-0.4, -0.2) is 36.1 Å². The molecule has 1 fully saturated rings. The minimum absolute atomic E-state index is 0.175. The minimum Gasteiger partial charge on any atom is -0.481 e. The lowest BCUT2D eigenvalue weighted by molar-refractivity contribution is -0.143. The zero-order valence-electron chi connectivity index (χ0n) is 8.49. The third-order valence-electron chi connectivity index (χ3n) is 3.09. The van der Waals surface area contributed by atoms with Crippen molar-refractivity contribution in [3.8, 4) is 0 Å². The maximum absolute atomic E-state index is 10.8. The molecule has 0 aromatic rings. The summed E-state index contributed by atoms with van der Waals surface area (Å²) in [5.41, 5.74) is 0. The number of nitrogens with zero attached hydrogens (tertiary/aromatic N) is 1. The number of likely N-dealkylation sites (tertiary alicyclic amines) is 1. The monoisotopic (exact) mass is 185 g/mol. The van der Waals surface area contributed by atoms with Crippen molar-refractivity contribution in [2.24, 2.45) is 11.8 Å². The lowest BCUT2D eigenvalue weighted by Crippen LogP contribution is -2.23. The minimum atomic E-state index is -0.644. The van der Waals surface area contributed by atoms with Crippen LogP contribution in [0.5, 0.6) is 0 Å². The zero-order valence-corrected chi connectivity index (χ0v) is 8.49. The molecule has 1 rings (SSSR count). The van der Waals surface area contributed by atoms with Crippen LogP contribution >= 0.6 is 0 Å². The molecule has 0 bridgehead atoms. The summed E-state index contributed by atoms with van der Waals surface area (Å²) >= 11 is 0. The maximum Gasteiger partial charge on any atom is 0.306 e. The zero-order chi connectivity index (χ0) is 9.84. The van der Waals surface area contributed by atoms with E-state index in [1.807, 2.05) is 6.92 Å². The van der Waals surface area contributed by atoms with Gasteiger partial charge in [-0.1, -0.05) is 6.92 Å². The van der Waals surface area contributed by atoms with E-state index >= 15 is 0 Å². The molecule has 0 aliphatic carbocycles. The first-order valence-electron chi connectivity index (χ1n) is 5.02. The van der Waals surface area contributed by atoms with Crippen LogP contribution in [0.15, 0.2) is 0 Å². The molecule has 1 aliphatic rings. The highest BCUT2D eigenvalue weighted by molar-refractivity contribution is 5.69. The Hall–Kier alpha value is -0.570. The first-order valence-corrected chi connectivity index (χ1v) is 5.02. The largest absolute Gasteiger partial charge is 0.481 e. The number of carboxylic acids is 1. The first kappa shape index (κ1) is 10.5. The van der Waals surface area contributed by atoms with Crippen molar-refractivity contribution < 1.29 is 9.90 Å². The van der Waals surface area contributed by atoms with E-state index in [0.29, 0.717) is 5.92 Å². The van der Waals surface area contributed by atoms with Crippen molar-refractivity contribution in [1.29, 1.82) is 0 Å². The highest BCUT2D eigenvalue weighted by Gasteiger charge is 2.25. The predicted octanol–water partition coefficient (Wildman–Crippen LogP) is 1.44. The van der Waals surface area contributed by atoms with Gasteiger partial charge in [0.15, 0.2) is 0 Å². The summed E-state index contributed by atoms with van der Waals surface area (Å²) in [6, 6.07) is 0. The number of aliphatic carboxylic acids is 1. The Morgan fingerprint density at radius 2 is 2.15 bits per heavy atom. The average Bonchev–Trinajstić information content (AvgIpc) is 2.28. The van der Waals surface area contributed by atoms with Crippen LogP contribution in [0, 0.1) is 11.8 Å². The van der Waals surface area contributed by atoms with Crippen molar-refractivity contribution >= 4 is 5.97 Å². The summed E-state index contributed by atoms with van der Waals surface area (Å²) in [4.78, 5) is 13.1. The molecule has 76 valence electrons. The highest BCUT2D eigenvalue weighted by Crippen LogP contribution is 2.24. The molecule has 2 atom stereocenters. The molecule has 0 saturated carbocycles. The molecule has 0 aromatic carbocycles. The van der Waals surface area contributed by atoms with Gasteiger partial charge in [-0.15, -0.1) is 0 Å². The van der Waals surface area contributed by atoms with Crippen molar-refractivity contribution in [2.75, 3.05) is 20.1 Å². The van der Waals surface area contributed by atoms with E-state index in [1.54, 1.807) is 0 Å². The van der Waals surface area contributed by atoms with Crippen LogP contribution < -0.4 is 0 Å². The molecule has 0 amide bonds. The molecule has 1 N–H and O–H groups in total. The molecule has 0 aromatic heterocycles. The van der Waals surface area contributed by atoms with Crippen LogP contribution in [0.1, 0.15) is 26.2 Å². The molecule has 3 heteroatoms. The molecule has 0 spiro atoms. The van der Waals surface area contributed by atoms with Crippen molar-refractivity contribution in [3.63, 3.8) is 0 Å². The van der Waals surface area contributed by atoms with Crippen LogP contribution in [0.2, 0.25) is 0 Å². The van der Waals surface area contributed by atoms with Gasteiger partial charge in [-0.2, -0.15) is 0 Å². The molecular weight excluding hydrogens is 166 g/mol. The molecule has 1 saturated heterocycles. The van der Waals surface area contributed by atoms with Gasteiger partial charge in [0.25, 0.3) is 0 Å². The Kier molecular flexibility index (Phi) is 3.72. The fraction of sp³-hybridized carbons (Fsp3) is 0.900. The summed E-state index contributed by atoms with van der Waals surface area (Å²) in [6.45, 7) is 3.99. The summed E-state index contributed by atoms with van der Waals surface area (Å²) in [6.07, 6.45) is 3.24. The van der Waals surface area contributed by atoms with Crippen LogP contribution in [0.4, 0.5) is 0 Å². The summed E-state index contributed by atoms with van der Waals surface area (Å²) in [5.74, 6) is -0.441. The predicted molar refractivity (Wildman–Crippen MR) is 51.6 cm³/mol. The number of carboxylic acid groups (broad SMARTS) is 1. The average molecular weight is 185 g/mol. The molecule has 2 unspecified atom stereocenters. The molecular formula is C10H19NO2. The molecule has 13 heavy (non-hydrogen) atoms. The van der Waals surface area contributed by atoms with Gasteiger partial charge in [-0.05, 0) is 45.3 Å². The topological polar surface area (TPSA) is 40.5 Å². The number of rotatable bonds is 2. The quantitative estimate of drug-likeness (QED) is 0.707. The van der Waals surface area contributed by atoms with E-state index in [0.717, 1.165) is 32.4 Å². The van der Waals surface area contributed by atoms with E-state index in [9.17, 15) is 4.79 Å². The van der Waals surface area contributed by atoms with E-state index in [1.165, 1.54) is 0 Å². The fourth-order valence-electron chi connectivity index (χ4n) is 1.97. The normalized spacial score (nSPS) is 28.0. The Labute approximate surface area is 79.7 Å². The van der Waals surface area contributed by atoms with Gasteiger partial charge in [-0.3, -0.25) is 4.79 Å². The lowest BCUT2D eigenvalue weighted by Gasteiger charge is -2.18. The van der Waals surface area contributed by atoms with E-state index in [2.05, 4.69) is 11.9 Å². The summed E-state index contributed by atoms with van der Waals surface area (Å²) in [7, 11) is 2.10. The van der Waals surface area contributed by atoms with Gasteiger partial charge in [0.05, 0.1) is 5.92 Å². The van der Waals surface area contributed by atoms with Gasteiger partial charge in [0.1, 0.15) is 0 Å². The summed E-state index contributed by atoms with van der Waals surface area (Å²) in [5, 5.41) is 8.88. The lowest BCUT2D eigenvalue weighted by atomic mass is 9.88. The first-order chi connectivity index (χ1) is 6.11. The smallest absolute Gasteiger partial charge is 0.306 e. The second kappa shape index (κ2) is 4.61. The van der Waals surface area contributed by atoms with Gasteiger partial charge >= 0.3 is 5.97 Å². The van der Waals surface area contributed by atoms with Gasteiger partial charge in [0, 0.05) is 0 Å². The molecule has 3 nitrogen and oxygen atoms in total. The van der Waals surface area contributed by atoms with Gasteiger partial charge in [-0.25, -0.2) is 0 Å². The van der Waals surface area contributed by atoms with Crippen molar-refractivity contribution in [3.05, 3.63) is 0 Å². The second-order valence-electron chi connectivity index (χ2n) is 4.12. The van der Waals surface area contributed by atoms with Crippen molar-refractivity contribution in [1.82, 2.24) is 4.90 Å². The Morgan fingerprint density at radius 3 is 2.77 bits per heavy atom. The Balaban J connectivity index is 2.46. The highest BCUT2D eigenvalue weighted by atomic mass is 16.4. The van der Waals surface area contributed by atoms with Crippen molar-refractivity contribution in [2.45, 2.75) is 26.2 Å². The standard InChI is InChI=1S/C10H19NO2/c1-8(10(12)13)9-4-3-6-11(2)7-5-9/h8-9H,3-7H2,1-2H3,(H,12,13).